The fraction of sp³-hybridized carbons (Fsp3) is 0.435. The van der Waals surface area contributed by atoms with Crippen molar-refractivity contribution in [3.8, 4) is 11.9 Å². The lowest BCUT2D eigenvalue weighted by Crippen LogP contribution is -2.42. The Hall–Kier alpha value is -3.76. The van der Waals surface area contributed by atoms with Crippen LogP contribution in [0, 0.1) is 11.3 Å². The van der Waals surface area contributed by atoms with E-state index in [2.05, 4.69) is 30.4 Å². The molecule has 3 aromatic heterocycles. The molecule has 0 bridgehead atoms. The summed E-state index contributed by atoms with van der Waals surface area (Å²) in [5.41, 5.74) is -2.01. The van der Waals surface area contributed by atoms with Gasteiger partial charge in [-0.1, -0.05) is 0 Å². The predicted octanol–water partition coefficient (Wildman–Crippen LogP) is 2.96. The van der Waals surface area contributed by atoms with Crippen LogP contribution in [0.1, 0.15) is 43.6 Å². The molecule has 0 saturated heterocycles. The number of aliphatic hydroxyl groups is 1. The van der Waals surface area contributed by atoms with Gasteiger partial charge >= 0.3 is 6.61 Å². The highest BCUT2D eigenvalue weighted by atomic mass is 19.3. The quantitative estimate of drug-likeness (QED) is 0.382. The summed E-state index contributed by atoms with van der Waals surface area (Å²) in [6, 6.07) is 5.06. The molecular weight excluding hydrogens is 479 g/mol. The van der Waals surface area contributed by atoms with Crippen LogP contribution in [0.3, 0.4) is 0 Å². The number of alkyl halides is 3. The Bertz CT molecular complexity index is 1280. The van der Waals surface area contributed by atoms with Crippen LogP contribution >= 0.6 is 0 Å². The van der Waals surface area contributed by atoms with Crippen molar-refractivity contribution in [2.45, 2.75) is 51.7 Å². The van der Waals surface area contributed by atoms with Gasteiger partial charge in [0.25, 0.3) is 5.91 Å². The van der Waals surface area contributed by atoms with Crippen molar-refractivity contribution in [3.05, 3.63) is 41.9 Å². The molecule has 36 heavy (non-hydrogen) atoms. The van der Waals surface area contributed by atoms with Crippen molar-refractivity contribution in [2.75, 3.05) is 18.4 Å². The number of carbonyl (C=O) groups excluding carboxylic acids is 1. The van der Waals surface area contributed by atoms with E-state index in [1.807, 2.05) is 6.07 Å². The maximum absolute atomic E-state index is 14.1. The molecule has 0 saturated carbocycles. The highest BCUT2D eigenvalue weighted by molar-refractivity contribution is 5.99. The number of nitrogens with one attached hydrogen (secondary N) is 2. The molecule has 0 aromatic carbocycles. The Morgan fingerprint density at radius 1 is 1.19 bits per heavy atom. The third-order valence-corrected chi connectivity index (χ3v) is 5.21. The highest BCUT2D eigenvalue weighted by Crippen LogP contribution is 2.23. The average molecular weight is 506 g/mol. The van der Waals surface area contributed by atoms with E-state index in [-0.39, 0.29) is 23.6 Å². The third-order valence-electron chi connectivity index (χ3n) is 5.21. The minimum atomic E-state index is -3.00. The molecule has 0 aliphatic rings. The molecule has 1 atom stereocenters. The standard InChI is InChI=1S/C23H26F3N7O3/c1-22(2,36-21(25)26)12-31-16-6-18(33-19-14(9-32-33)5-13(7-27)8-29-19)28-10-15(16)20(34)30-11-17(24)23(3,4)35/h5-6,8-10,17,21,35H,11-12H2,1-4H3,(H,28,31)(H,30,34)/t17-/m1/s1. The highest BCUT2D eigenvalue weighted by Gasteiger charge is 2.28. The summed E-state index contributed by atoms with van der Waals surface area (Å²) in [5.74, 6) is -0.452. The van der Waals surface area contributed by atoms with E-state index in [1.54, 1.807) is 6.07 Å². The lowest BCUT2D eigenvalue weighted by Gasteiger charge is -2.26. The average Bonchev–Trinajstić information content (AvgIpc) is 3.22. The first-order valence-electron chi connectivity index (χ1n) is 10.9. The molecule has 0 fully saturated rings. The number of anilines is 1. The molecule has 10 nitrogen and oxygen atoms in total. The topological polar surface area (TPSA) is 138 Å². The van der Waals surface area contributed by atoms with Crippen molar-refractivity contribution in [2.24, 2.45) is 0 Å². The van der Waals surface area contributed by atoms with Crippen LogP contribution in [-0.4, -0.2) is 67.8 Å². The zero-order valence-electron chi connectivity index (χ0n) is 20.1. The number of halogens is 3. The number of carbonyl (C=O) groups is 1. The minimum absolute atomic E-state index is 0.00531. The lowest BCUT2D eigenvalue weighted by molar-refractivity contribution is -0.191. The summed E-state index contributed by atoms with van der Waals surface area (Å²) in [7, 11) is 0. The monoisotopic (exact) mass is 505 g/mol. The largest absolute Gasteiger partial charge is 0.387 e. The van der Waals surface area contributed by atoms with Gasteiger partial charge < -0.3 is 20.5 Å². The molecule has 192 valence electrons. The number of hydrogen-bond acceptors (Lipinski definition) is 8. The van der Waals surface area contributed by atoms with Crippen LogP contribution in [0.15, 0.2) is 30.7 Å². The number of rotatable bonds is 10. The smallest absolute Gasteiger partial charge is 0.345 e. The Labute approximate surface area is 205 Å². The van der Waals surface area contributed by atoms with Crippen molar-refractivity contribution in [1.29, 1.82) is 5.26 Å². The number of fused-ring (bicyclic) bond motifs is 1. The normalized spacial score (nSPS) is 13.0. The maximum atomic E-state index is 14.1. The molecule has 1 amide bonds. The van der Waals surface area contributed by atoms with Gasteiger partial charge in [-0.05, 0) is 33.8 Å². The zero-order chi connectivity index (χ0) is 26.7. The van der Waals surface area contributed by atoms with Gasteiger partial charge in [0.1, 0.15) is 12.2 Å². The Morgan fingerprint density at radius 2 is 1.92 bits per heavy atom. The second-order valence-corrected chi connectivity index (χ2v) is 9.22. The molecule has 0 spiro atoms. The Kier molecular flexibility index (Phi) is 7.80. The fourth-order valence-corrected chi connectivity index (χ4v) is 3.16. The van der Waals surface area contributed by atoms with Crippen LogP contribution in [0.2, 0.25) is 0 Å². The van der Waals surface area contributed by atoms with E-state index in [9.17, 15) is 23.1 Å². The lowest BCUT2D eigenvalue weighted by atomic mass is 10.0. The minimum Gasteiger partial charge on any atom is -0.387 e. The van der Waals surface area contributed by atoms with E-state index in [0.717, 1.165) is 0 Å². The molecular formula is C23H26F3N7O3. The third kappa shape index (κ3) is 6.46. The number of amides is 1. The summed E-state index contributed by atoms with van der Waals surface area (Å²) < 4.78 is 45.7. The van der Waals surface area contributed by atoms with Gasteiger partial charge in [-0.2, -0.15) is 23.8 Å². The molecule has 3 rings (SSSR count). The van der Waals surface area contributed by atoms with Gasteiger partial charge in [-0.15, -0.1) is 0 Å². The maximum Gasteiger partial charge on any atom is 0.345 e. The molecule has 0 unspecified atom stereocenters. The van der Waals surface area contributed by atoms with E-state index in [0.29, 0.717) is 16.6 Å². The number of pyridine rings is 2. The fourth-order valence-electron chi connectivity index (χ4n) is 3.16. The molecule has 0 radical (unpaired) electrons. The summed E-state index contributed by atoms with van der Waals surface area (Å²) >= 11 is 0. The summed E-state index contributed by atoms with van der Waals surface area (Å²) in [4.78, 5) is 21.3. The molecule has 3 N–H and O–H groups in total. The number of aromatic nitrogens is 4. The van der Waals surface area contributed by atoms with Gasteiger partial charge in [0.2, 0.25) is 0 Å². The van der Waals surface area contributed by atoms with Gasteiger partial charge in [0.15, 0.2) is 11.5 Å². The molecule has 0 aliphatic heterocycles. The predicted molar refractivity (Wildman–Crippen MR) is 125 cm³/mol. The molecule has 13 heteroatoms. The van der Waals surface area contributed by atoms with Crippen LogP contribution in [0.5, 0.6) is 0 Å². The zero-order valence-corrected chi connectivity index (χ0v) is 20.1. The van der Waals surface area contributed by atoms with Crippen molar-refractivity contribution in [3.63, 3.8) is 0 Å². The van der Waals surface area contributed by atoms with Crippen LogP contribution in [0.25, 0.3) is 16.9 Å². The van der Waals surface area contributed by atoms with Gasteiger partial charge in [-0.3, -0.25) is 4.79 Å². The number of ether oxygens (including phenoxy) is 1. The van der Waals surface area contributed by atoms with Crippen molar-refractivity contribution < 1.29 is 27.8 Å². The van der Waals surface area contributed by atoms with E-state index in [1.165, 1.54) is 57.0 Å². The van der Waals surface area contributed by atoms with E-state index < -0.39 is 36.4 Å². The first-order valence-corrected chi connectivity index (χ1v) is 10.9. The SMILES string of the molecule is CC(C)(CNc1cc(-n2ncc3cc(C#N)cnc32)ncc1C(=O)NC[C@@H](F)C(C)(C)O)OC(F)F. The molecule has 3 aromatic rings. The van der Waals surface area contributed by atoms with Gasteiger partial charge in [-0.25, -0.2) is 14.4 Å². The Morgan fingerprint density at radius 3 is 2.56 bits per heavy atom. The van der Waals surface area contributed by atoms with Crippen molar-refractivity contribution >= 4 is 22.6 Å². The summed E-state index contributed by atoms with van der Waals surface area (Å²) in [5, 5.41) is 29.0. The van der Waals surface area contributed by atoms with Crippen LogP contribution in [-0.2, 0) is 4.74 Å². The first-order chi connectivity index (χ1) is 16.8. The van der Waals surface area contributed by atoms with E-state index >= 15 is 0 Å². The molecule has 0 aliphatic carbocycles. The number of nitriles is 1. The van der Waals surface area contributed by atoms with Crippen molar-refractivity contribution in [1.82, 2.24) is 25.1 Å². The number of hydrogen-bond donors (Lipinski definition) is 3. The van der Waals surface area contributed by atoms with E-state index in [4.69, 9.17) is 5.26 Å². The molecule has 3 heterocycles. The summed E-state index contributed by atoms with van der Waals surface area (Å²) in [6.45, 7) is 1.88. The van der Waals surface area contributed by atoms with Gasteiger partial charge in [0, 0.05) is 30.4 Å². The first kappa shape index (κ1) is 26.8. The van der Waals surface area contributed by atoms with Crippen LogP contribution < -0.4 is 10.6 Å². The number of nitrogens with zero attached hydrogens (tertiary/aromatic N) is 5. The second kappa shape index (κ2) is 10.5. The Balaban J connectivity index is 1.95. The second-order valence-electron chi connectivity index (χ2n) is 9.22. The summed E-state index contributed by atoms with van der Waals surface area (Å²) in [6.07, 6.45) is 2.36. The van der Waals surface area contributed by atoms with Crippen LogP contribution in [0.4, 0.5) is 18.9 Å². The van der Waals surface area contributed by atoms with Gasteiger partial charge in [0.05, 0.1) is 40.8 Å².